The summed E-state index contributed by atoms with van der Waals surface area (Å²) in [7, 11) is 0. The molecule has 0 spiro atoms. The summed E-state index contributed by atoms with van der Waals surface area (Å²) in [5.41, 5.74) is 1.02. The highest BCUT2D eigenvalue weighted by Gasteiger charge is 2.43. The Kier molecular flexibility index (Phi) is 3.07. The molecule has 102 valence electrons. The molecule has 0 unspecified atom stereocenters. The van der Waals surface area contributed by atoms with Crippen molar-refractivity contribution in [1.82, 2.24) is 19.5 Å². The van der Waals surface area contributed by atoms with Gasteiger partial charge >= 0.3 is 0 Å². The number of nitrogens with zero attached hydrogens (tertiary/aromatic N) is 3. The SMILES string of the molecule is OC[C@H]1O[C@@H](n2cnc3c(=S)nc[nH]c32)[C@H](O)[C@H]1O. The Balaban J connectivity index is 2.06. The molecule has 1 aliphatic rings. The third kappa shape index (κ3) is 1.86. The second-order valence-electron chi connectivity index (χ2n) is 4.29. The van der Waals surface area contributed by atoms with Gasteiger partial charge in [-0.05, 0) is 0 Å². The average Bonchev–Trinajstić information content (AvgIpc) is 2.94. The minimum absolute atomic E-state index is 0.333. The predicted molar refractivity (Wildman–Crippen MR) is 65.7 cm³/mol. The van der Waals surface area contributed by atoms with Crippen LogP contribution in [-0.2, 0) is 4.74 Å². The van der Waals surface area contributed by atoms with Crippen molar-refractivity contribution in [2.45, 2.75) is 24.5 Å². The van der Waals surface area contributed by atoms with E-state index in [1.54, 1.807) is 0 Å². The van der Waals surface area contributed by atoms with Crippen molar-refractivity contribution in [1.29, 1.82) is 0 Å². The number of aliphatic hydroxyl groups is 3. The zero-order valence-electron chi connectivity index (χ0n) is 9.67. The molecule has 3 heterocycles. The Morgan fingerprint density at radius 3 is 2.84 bits per heavy atom. The lowest BCUT2D eigenvalue weighted by atomic mass is 10.1. The van der Waals surface area contributed by atoms with Crippen LogP contribution in [0.1, 0.15) is 6.23 Å². The molecule has 0 amide bonds. The lowest BCUT2D eigenvalue weighted by Crippen LogP contribution is -2.33. The van der Waals surface area contributed by atoms with Gasteiger partial charge in [0.1, 0.15) is 29.5 Å². The summed E-state index contributed by atoms with van der Waals surface area (Å²) < 4.78 is 7.28. The number of aromatic nitrogens is 4. The molecule has 9 heteroatoms. The second kappa shape index (κ2) is 4.62. The fourth-order valence-electron chi connectivity index (χ4n) is 2.18. The standard InChI is InChI=1S/C10H12N4O4S/c15-1-4-6(16)7(17)10(18-4)14-3-13-5-8(14)11-2-12-9(5)19/h2-4,6-7,10,15-17H,1H2,(H,11,12,19)/t4-,6+,7-,10-/m1/s1. The molecule has 0 bridgehead atoms. The van der Waals surface area contributed by atoms with Gasteiger partial charge in [0.05, 0.1) is 19.3 Å². The van der Waals surface area contributed by atoms with Crippen LogP contribution in [-0.4, -0.2) is 59.8 Å². The van der Waals surface area contributed by atoms with Crippen LogP contribution in [0.15, 0.2) is 12.7 Å². The van der Waals surface area contributed by atoms with Gasteiger partial charge in [-0.3, -0.25) is 4.57 Å². The highest BCUT2D eigenvalue weighted by Crippen LogP contribution is 2.30. The molecular weight excluding hydrogens is 272 g/mol. The van der Waals surface area contributed by atoms with Crippen molar-refractivity contribution in [3.8, 4) is 0 Å². The van der Waals surface area contributed by atoms with E-state index in [-0.39, 0.29) is 6.61 Å². The average molecular weight is 284 g/mol. The number of fused-ring (bicyclic) bond motifs is 1. The Morgan fingerprint density at radius 1 is 1.37 bits per heavy atom. The van der Waals surface area contributed by atoms with Gasteiger partial charge in [-0.1, -0.05) is 12.2 Å². The van der Waals surface area contributed by atoms with E-state index < -0.39 is 24.5 Å². The monoisotopic (exact) mass is 284 g/mol. The van der Waals surface area contributed by atoms with E-state index in [4.69, 9.17) is 22.1 Å². The van der Waals surface area contributed by atoms with Crippen molar-refractivity contribution in [3.05, 3.63) is 17.3 Å². The van der Waals surface area contributed by atoms with Crippen LogP contribution < -0.4 is 0 Å². The van der Waals surface area contributed by atoms with Crippen LogP contribution in [0.4, 0.5) is 0 Å². The lowest BCUT2D eigenvalue weighted by molar-refractivity contribution is -0.0511. The van der Waals surface area contributed by atoms with E-state index in [1.165, 1.54) is 17.2 Å². The number of rotatable bonds is 2. The number of aliphatic hydroxyl groups excluding tert-OH is 3. The van der Waals surface area contributed by atoms with Gasteiger partial charge in [0.2, 0.25) is 0 Å². The summed E-state index contributed by atoms with van der Waals surface area (Å²) in [6, 6.07) is 0. The Labute approximate surface area is 112 Å². The van der Waals surface area contributed by atoms with Crippen molar-refractivity contribution < 1.29 is 20.1 Å². The van der Waals surface area contributed by atoms with E-state index in [0.29, 0.717) is 15.8 Å². The van der Waals surface area contributed by atoms with Gasteiger partial charge in [0.25, 0.3) is 0 Å². The molecule has 1 aliphatic heterocycles. The van der Waals surface area contributed by atoms with Gasteiger partial charge in [-0.2, -0.15) is 0 Å². The normalized spacial score (nSPS) is 31.1. The van der Waals surface area contributed by atoms with Crippen LogP contribution in [0, 0.1) is 4.64 Å². The maximum absolute atomic E-state index is 9.97. The van der Waals surface area contributed by atoms with Crippen LogP contribution in [0.5, 0.6) is 0 Å². The molecule has 8 nitrogen and oxygen atoms in total. The largest absolute Gasteiger partial charge is 0.394 e. The van der Waals surface area contributed by atoms with Crippen LogP contribution >= 0.6 is 12.2 Å². The maximum Gasteiger partial charge on any atom is 0.165 e. The first-order valence-electron chi connectivity index (χ1n) is 5.66. The Hall–Kier alpha value is -1.39. The van der Waals surface area contributed by atoms with E-state index in [0.717, 1.165) is 0 Å². The highest BCUT2D eigenvalue weighted by atomic mass is 32.1. The van der Waals surface area contributed by atoms with E-state index in [2.05, 4.69) is 15.0 Å². The maximum atomic E-state index is 9.97. The summed E-state index contributed by atoms with van der Waals surface area (Å²) in [4.78, 5) is 10.9. The molecule has 2 aromatic heterocycles. The minimum atomic E-state index is -1.16. The Morgan fingerprint density at radius 2 is 2.16 bits per heavy atom. The molecule has 0 aliphatic carbocycles. The van der Waals surface area contributed by atoms with E-state index in [9.17, 15) is 10.2 Å². The summed E-state index contributed by atoms with van der Waals surface area (Å²) in [6.45, 7) is -0.376. The zero-order valence-corrected chi connectivity index (χ0v) is 10.5. The first kappa shape index (κ1) is 12.6. The summed E-state index contributed by atoms with van der Waals surface area (Å²) in [5, 5.41) is 28.8. The quantitative estimate of drug-likeness (QED) is 0.528. The van der Waals surface area contributed by atoms with Crippen molar-refractivity contribution in [2.24, 2.45) is 0 Å². The first-order valence-corrected chi connectivity index (χ1v) is 6.07. The molecule has 2 aromatic rings. The third-order valence-corrected chi connectivity index (χ3v) is 3.47. The van der Waals surface area contributed by atoms with Gasteiger partial charge in [-0.25, -0.2) is 9.97 Å². The summed E-state index contributed by atoms with van der Waals surface area (Å²) in [6.07, 6.45) is -1.13. The molecule has 4 atom stereocenters. The summed E-state index contributed by atoms with van der Waals surface area (Å²) in [5.74, 6) is 0. The second-order valence-corrected chi connectivity index (χ2v) is 4.67. The molecule has 3 rings (SSSR count). The van der Waals surface area contributed by atoms with Crippen LogP contribution in [0.25, 0.3) is 11.2 Å². The number of imidazole rings is 1. The van der Waals surface area contributed by atoms with Gasteiger partial charge in [0, 0.05) is 0 Å². The van der Waals surface area contributed by atoms with E-state index >= 15 is 0 Å². The number of hydrogen-bond acceptors (Lipinski definition) is 7. The number of H-pyrrole nitrogens is 1. The van der Waals surface area contributed by atoms with Gasteiger partial charge in [-0.15, -0.1) is 0 Å². The molecule has 1 saturated heterocycles. The fraction of sp³-hybridized carbons (Fsp3) is 0.500. The van der Waals surface area contributed by atoms with Crippen LogP contribution in [0.3, 0.4) is 0 Å². The Bertz CT molecular complexity index is 656. The molecule has 0 aromatic carbocycles. The molecule has 1 fully saturated rings. The minimum Gasteiger partial charge on any atom is -0.394 e. The molecular formula is C10H12N4O4S. The highest BCUT2D eigenvalue weighted by molar-refractivity contribution is 7.71. The predicted octanol–water partition coefficient (Wildman–Crippen LogP) is -0.900. The fourth-order valence-corrected chi connectivity index (χ4v) is 2.38. The number of nitrogens with one attached hydrogen (secondary N) is 1. The number of ether oxygens (including phenoxy) is 1. The van der Waals surface area contributed by atoms with Gasteiger partial charge < -0.3 is 25.0 Å². The molecule has 0 saturated carbocycles. The topological polar surface area (TPSA) is 116 Å². The number of aromatic amines is 1. The molecule has 19 heavy (non-hydrogen) atoms. The third-order valence-electron chi connectivity index (χ3n) is 3.17. The van der Waals surface area contributed by atoms with Crippen molar-refractivity contribution >= 4 is 23.4 Å². The number of hydrogen-bond donors (Lipinski definition) is 4. The first-order chi connectivity index (χ1) is 9.13. The van der Waals surface area contributed by atoms with Crippen LogP contribution in [0.2, 0.25) is 0 Å². The van der Waals surface area contributed by atoms with E-state index in [1.807, 2.05) is 0 Å². The molecule has 0 radical (unpaired) electrons. The van der Waals surface area contributed by atoms with Crippen molar-refractivity contribution in [2.75, 3.05) is 6.61 Å². The molecule has 4 N–H and O–H groups in total. The van der Waals surface area contributed by atoms with Crippen molar-refractivity contribution in [3.63, 3.8) is 0 Å². The lowest BCUT2D eigenvalue weighted by Gasteiger charge is -2.16. The summed E-state index contributed by atoms with van der Waals surface area (Å²) >= 11 is 5.04. The smallest absolute Gasteiger partial charge is 0.165 e. The zero-order chi connectivity index (χ0) is 13.6. The van der Waals surface area contributed by atoms with Gasteiger partial charge in [0.15, 0.2) is 10.9 Å².